The number of nitrogens with one attached hydrogen (secondary N) is 3. The Hall–Kier alpha value is -3.19. The van der Waals surface area contributed by atoms with Gasteiger partial charge < -0.3 is 21.1 Å². The summed E-state index contributed by atoms with van der Waals surface area (Å²) in [7, 11) is 0. The summed E-state index contributed by atoms with van der Waals surface area (Å²) in [4.78, 5) is 36.2. The third kappa shape index (κ3) is 7.70. The number of carboxylic acids is 1. The summed E-state index contributed by atoms with van der Waals surface area (Å²) in [5.74, 6) is -0.945. The zero-order valence-corrected chi connectivity index (χ0v) is 19.8. The summed E-state index contributed by atoms with van der Waals surface area (Å²) in [5, 5.41) is 18.3. The average Bonchev–Trinajstić information content (AvgIpc) is 2.85. The Morgan fingerprint density at radius 2 is 1.68 bits per heavy atom. The fourth-order valence-corrected chi connectivity index (χ4v) is 4.23. The number of carboxylic acid groups (broad SMARTS) is 1. The van der Waals surface area contributed by atoms with Crippen molar-refractivity contribution in [1.82, 2.24) is 10.6 Å². The molecule has 2 aromatic carbocycles. The first-order valence-corrected chi connectivity index (χ1v) is 12.2. The fourth-order valence-electron chi connectivity index (χ4n) is 4.23. The predicted octanol–water partition coefficient (Wildman–Crippen LogP) is 4.10. The highest BCUT2D eigenvalue weighted by Crippen LogP contribution is 2.25. The quantitative estimate of drug-likeness (QED) is 0.374. The molecule has 0 aromatic heterocycles. The minimum absolute atomic E-state index is 0.182. The van der Waals surface area contributed by atoms with E-state index in [0.717, 1.165) is 50.8 Å². The zero-order valence-electron chi connectivity index (χ0n) is 19.8. The maximum atomic E-state index is 12.6. The van der Waals surface area contributed by atoms with Crippen LogP contribution in [0.3, 0.4) is 0 Å². The Morgan fingerprint density at radius 3 is 2.29 bits per heavy atom. The van der Waals surface area contributed by atoms with Crippen LogP contribution in [0.25, 0.3) is 0 Å². The average molecular weight is 466 g/mol. The van der Waals surface area contributed by atoms with Crippen LogP contribution in [-0.2, 0) is 16.0 Å². The molecular formula is C27H35N3O4. The lowest BCUT2D eigenvalue weighted by atomic mass is 9.90. The molecule has 1 atom stereocenters. The van der Waals surface area contributed by atoms with Gasteiger partial charge in [0.15, 0.2) is 0 Å². The molecule has 182 valence electrons. The van der Waals surface area contributed by atoms with Crippen LogP contribution < -0.4 is 16.0 Å². The van der Waals surface area contributed by atoms with Gasteiger partial charge in [-0.1, -0.05) is 44.0 Å². The van der Waals surface area contributed by atoms with E-state index >= 15 is 0 Å². The van der Waals surface area contributed by atoms with Gasteiger partial charge in [0.1, 0.15) is 6.04 Å². The van der Waals surface area contributed by atoms with Crippen LogP contribution in [0, 0.1) is 0 Å². The van der Waals surface area contributed by atoms with Crippen molar-refractivity contribution in [3.05, 3.63) is 65.2 Å². The van der Waals surface area contributed by atoms with Gasteiger partial charge in [-0.3, -0.25) is 9.59 Å². The normalized spacial score (nSPS) is 14.9. The van der Waals surface area contributed by atoms with Crippen molar-refractivity contribution >= 4 is 23.5 Å². The Kier molecular flexibility index (Phi) is 9.64. The van der Waals surface area contributed by atoms with Crippen molar-refractivity contribution in [2.24, 2.45) is 0 Å². The molecule has 0 saturated carbocycles. The number of rotatable bonds is 11. The Balaban J connectivity index is 1.53. The van der Waals surface area contributed by atoms with Crippen LogP contribution in [0.4, 0.5) is 5.69 Å². The second kappa shape index (κ2) is 12.9. The van der Waals surface area contributed by atoms with E-state index in [0.29, 0.717) is 23.6 Å². The number of carbonyl (C=O) groups excluding carboxylic acids is 2. The lowest BCUT2D eigenvalue weighted by molar-refractivity contribution is -0.141. The topological polar surface area (TPSA) is 108 Å². The number of benzene rings is 2. The van der Waals surface area contributed by atoms with Crippen LogP contribution in [0.5, 0.6) is 0 Å². The first-order valence-electron chi connectivity index (χ1n) is 12.2. The molecule has 3 rings (SSSR count). The van der Waals surface area contributed by atoms with Crippen LogP contribution in [-0.4, -0.2) is 42.0 Å². The van der Waals surface area contributed by atoms with Crippen LogP contribution >= 0.6 is 0 Å². The summed E-state index contributed by atoms with van der Waals surface area (Å²) < 4.78 is 0. The monoisotopic (exact) mass is 465 g/mol. The predicted molar refractivity (Wildman–Crippen MR) is 133 cm³/mol. The van der Waals surface area contributed by atoms with Crippen molar-refractivity contribution in [2.45, 2.75) is 63.8 Å². The van der Waals surface area contributed by atoms with Gasteiger partial charge in [-0.25, -0.2) is 4.79 Å². The first kappa shape index (κ1) is 25.4. The lowest BCUT2D eigenvalue weighted by Gasteiger charge is -2.23. The van der Waals surface area contributed by atoms with Crippen molar-refractivity contribution in [3.63, 3.8) is 0 Å². The molecule has 1 fully saturated rings. The number of carbonyl (C=O) groups is 3. The van der Waals surface area contributed by atoms with Crippen molar-refractivity contribution in [1.29, 1.82) is 0 Å². The minimum atomic E-state index is -1.06. The maximum Gasteiger partial charge on any atom is 0.326 e. The van der Waals surface area contributed by atoms with E-state index in [2.05, 4.69) is 22.9 Å². The van der Waals surface area contributed by atoms with Crippen molar-refractivity contribution < 1.29 is 19.5 Å². The van der Waals surface area contributed by atoms with Gasteiger partial charge in [-0.2, -0.15) is 0 Å². The Bertz CT molecular complexity index is 951. The van der Waals surface area contributed by atoms with Crippen LogP contribution in [0.1, 0.15) is 72.9 Å². The Morgan fingerprint density at radius 1 is 1.00 bits per heavy atom. The molecule has 2 amide bonds. The third-order valence-corrected chi connectivity index (χ3v) is 6.28. The number of hydrogen-bond acceptors (Lipinski definition) is 4. The van der Waals surface area contributed by atoms with E-state index in [1.54, 1.807) is 24.3 Å². The number of unbranched alkanes of at least 4 members (excludes halogenated alkanes) is 2. The van der Waals surface area contributed by atoms with Gasteiger partial charge in [0.2, 0.25) is 5.91 Å². The third-order valence-electron chi connectivity index (χ3n) is 6.28. The number of aliphatic carboxylic acids is 1. The number of piperidine rings is 1. The van der Waals surface area contributed by atoms with E-state index < -0.39 is 12.0 Å². The Labute approximate surface area is 201 Å². The molecular weight excluding hydrogens is 430 g/mol. The summed E-state index contributed by atoms with van der Waals surface area (Å²) in [6.07, 6.45) is 5.45. The van der Waals surface area contributed by atoms with E-state index in [4.69, 9.17) is 0 Å². The molecule has 0 aliphatic carbocycles. The van der Waals surface area contributed by atoms with Crippen LogP contribution in [0.2, 0.25) is 0 Å². The SMILES string of the molecule is CCCCCC(=O)NC(Cc1ccc(NC(=O)c2ccc(C3CCNCC3)cc2)cc1)C(=O)O. The molecule has 1 unspecified atom stereocenters. The lowest BCUT2D eigenvalue weighted by Crippen LogP contribution is -2.42. The summed E-state index contributed by atoms with van der Waals surface area (Å²) >= 11 is 0. The molecule has 0 spiro atoms. The number of amides is 2. The second-order valence-corrected chi connectivity index (χ2v) is 8.92. The number of anilines is 1. The summed E-state index contributed by atoms with van der Waals surface area (Å²) in [5.41, 5.74) is 3.27. The van der Waals surface area contributed by atoms with Gasteiger partial charge in [0.25, 0.3) is 5.91 Å². The maximum absolute atomic E-state index is 12.6. The molecule has 7 heteroatoms. The largest absolute Gasteiger partial charge is 0.480 e. The van der Waals surface area contributed by atoms with Crippen molar-refractivity contribution in [3.8, 4) is 0 Å². The second-order valence-electron chi connectivity index (χ2n) is 8.92. The highest BCUT2D eigenvalue weighted by Gasteiger charge is 2.20. The molecule has 1 saturated heterocycles. The molecule has 4 N–H and O–H groups in total. The van der Waals surface area contributed by atoms with Crippen LogP contribution in [0.15, 0.2) is 48.5 Å². The number of hydrogen-bond donors (Lipinski definition) is 4. The molecule has 0 bridgehead atoms. The van der Waals surface area contributed by atoms with E-state index in [1.807, 2.05) is 24.3 Å². The summed E-state index contributed by atoms with van der Waals surface area (Å²) in [6, 6.07) is 13.9. The van der Waals surface area contributed by atoms with Gasteiger partial charge in [-0.15, -0.1) is 0 Å². The molecule has 1 aliphatic heterocycles. The highest BCUT2D eigenvalue weighted by molar-refractivity contribution is 6.04. The highest BCUT2D eigenvalue weighted by atomic mass is 16.4. The molecule has 1 heterocycles. The molecule has 34 heavy (non-hydrogen) atoms. The first-order chi connectivity index (χ1) is 16.5. The molecule has 2 aromatic rings. The van der Waals surface area contributed by atoms with Gasteiger partial charge in [-0.05, 0) is 73.7 Å². The van der Waals surface area contributed by atoms with Gasteiger partial charge in [0.05, 0.1) is 0 Å². The van der Waals surface area contributed by atoms with E-state index in [-0.39, 0.29) is 18.2 Å². The fraction of sp³-hybridized carbons (Fsp3) is 0.444. The van der Waals surface area contributed by atoms with Gasteiger partial charge >= 0.3 is 5.97 Å². The smallest absolute Gasteiger partial charge is 0.326 e. The van der Waals surface area contributed by atoms with Gasteiger partial charge in [0, 0.05) is 24.1 Å². The molecule has 1 aliphatic rings. The van der Waals surface area contributed by atoms with E-state index in [1.165, 1.54) is 5.56 Å². The van der Waals surface area contributed by atoms with E-state index in [9.17, 15) is 19.5 Å². The minimum Gasteiger partial charge on any atom is -0.480 e. The molecule has 7 nitrogen and oxygen atoms in total. The van der Waals surface area contributed by atoms with Crippen molar-refractivity contribution in [2.75, 3.05) is 18.4 Å². The zero-order chi connectivity index (χ0) is 24.3. The standard InChI is InChI=1S/C27H35N3O4/c1-2-3-4-5-25(31)30-24(27(33)34)18-19-6-12-23(13-7-19)29-26(32)22-10-8-20(9-11-22)21-14-16-28-17-15-21/h6-13,21,24,28H,2-5,14-18H2,1H3,(H,29,32)(H,30,31)(H,33,34). The molecule has 0 radical (unpaired) electrons. The summed E-state index contributed by atoms with van der Waals surface area (Å²) in [6.45, 7) is 4.11.